The molecule has 0 aliphatic heterocycles. The fourth-order valence-corrected chi connectivity index (χ4v) is 1.86. The first-order chi connectivity index (χ1) is 10.3. The number of nitrogens with zero attached hydrogens (tertiary/aromatic N) is 1. The lowest BCUT2D eigenvalue weighted by Crippen LogP contribution is -2.60. The Hall–Kier alpha value is -2.11. The van der Waals surface area contributed by atoms with Crippen LogP contribution in [0.4, 0.5) is 35.1 Å². The largest absolute Gasteiger partial charge is 0.460 e. The van der Waals surface area contributed by atoms with E-state index in [1.54, 1.807) is 6.07 Å². The van der Waals surface area contributed by atoms with Gasteiger partial charge in [-0.05, 0) is 17.7 Å². The van der Waals surface area contributed by atoms with Crippen LogP contribution in [0.25, 0.3) is 0 Å². The number of halogens is 8. The fraction of sp³-hybridized carbons (Fsp3) is 0.357. The van der Waals surface area contributed by atoms with Crippen LogP contribution in [0, 0.1) is 11.3 Å². The highest BCUT2D eigenvalue weighted by Crippen LogP contribution is 2.57. The summed E-state index contributed by atoms with van der Waals surface area (Å²) in [5.74, 6) is -12.7. The highest BCUT2D eigenvalue weighted by atomic mass is 19.4. The second-order valence-electron chi connectivity index (χ2n) is 4.63. The Kier molecular flexibility index (Phi) is 4.80. The summed E-state index contributed by atoms with van der Waals surface area (Å²) < 4.78 is 105. The van der Waals surface area contributed by atoms with E-state index >= 15 is 0 Å². The highest BCUT2D eigenvalue weighted by Gasteiger charge is 2.80. The van der Waals surface area contributed by atoms with Gasteiger partial charge in [-0.25, -0.2) is 4.39 Å². The number of alkyl halides is 8. The molecule has 126 valence electrons. The summed E-state index contributed by atoms with van der Waals surface area (Å²) in [4.78, 5) is 0. The number of nitriles is 1. The minimum absolute atomic E-state index is 0.111. The first kappa shape index (κ1) is 18.9. The van der Waals surface area contributed by atoms with Gasteiger partial charge in [0.1, 0.15) is 0 Å². The average molecular weight is 343 g/mol. The summed E-state index contributed by atoms with van der Waals surface area (Å²) in [6, 6.07) is 4.34. The highest BCUT2D eigenvalue weighted by molar-refractivity contribution is 5.36. The molecule has 1 unspecified atom stereocenters. The van der Waals surface area contributed by atoms with Crippen LogP contribution >= 0.6 is 0 Å². The van der Waals surface area contributed by atoms with Gasteiger partial charge in [0.15, 0.2) is 0 Å². The Morgan fingerprint density at radius 1 is 0.913 bits per heavy atom. The van der Waals surface area contributed by atoms with Crippen LogP contribution in [-0.2, 0) is 5.67 Å². The fourth-order valence-electron chi connectivity index (χ4n) is 1.86. The molecule has 1 aromatic carbocycles. The maximum Gasteiger partial charge on any atom is 0.460 e. The van der Waals surface area contributed by atoms with E-state index in [-0.39, 0.29) is 5.56 Å². The average Bonchev–Trinajstić information content (AvgIpc) is 2.46. The molecule has 0 N–H and O–H groups in total. The van der Waals surface area contributed by atoms with Gasteiger partial charge < -0.3 is 0 Å². The monoisotopic (exact) mass is 343 g/mol. The van der Waals surface area contributed by atoms with E-state index in [9.17, 15) is 35.1 Å². The van der Waals surface area contributed by atoms with Crippen molar-refractivity contribution in [2.75, 3.05) is 0 Å². The molecule has 0 aliphatic rings. The van der Waals surface area contributed by atoms with Gasteiger partial charge in [0.05, 0.1) is 11.6 Å². The molecular weight excluding hydrogens is 334 g/mol. The van der Waals surface area contributed by atoms with E-state index in [4.69, 9.17) is 5.26 Å². The molecule has 1 aromatic rings. The normalized spacial score (nSPS) is 15.6. The molecule has 1 nitrogen and oxygen atoms in total. The van der Waals surface area contributed by atoms with Crippen molar-refractivity contribution in [1.82, 2.24) is 0 Å². The molecule has 23 heavy (non-hydrogen) atoms. The standard InChI is InChI=1S/C14H9F8N/c1-2-7-11(15,10-5-3-9(8-23)4-6-10)12(16,17)13(18,19)14(20,21)22/h2-6H,1,7H2. The first-order valence-electron chi connectivity index (χ1n) is 5.98. The molecule has 0 radical (unpaired) electrons. The van der Waals surface area contributed by atoms with Gasteiger partial charge in [-0.1, -0.05) is 18.2 Å². The lowest BCUT2D eigenvalue weighted by atomic mass is 9.82. The van der Waals surface area contributed by atoms with Crippen molar-refractivity contribution in [1.29, 1.82) is 5.26 Å². The third-order valence-corrected chi connectivity index (χ3v) is 3.15. The number of allylic oxidation sites excluding steroid dienone is 1. The maximum absolute atomic E-state index is 14.7. The summed E-state index contributed by atoms with van der Waals surface area (Å²) >= 11 is 0. The minimum atomic E-state index is -6.65. The number of hydrogen-bond acceptors (Lipinski definition) is 1. The van der Waals surface area contributed by atoms with Gasteiger partial charge in [0.25, 0.3) is 0 Å². The van der Waals surface area contributed by atoms with E-state index < -0.39 is 35.7 Å². The number of benzene rings is 1. The molecule has 0 fully saturated rings. The van der Waals surface area contributed by atoms with Crippen molar-refractivity contribution < 1.29 is 35.1 Å². The third kappa shape index (κ3) is 2.90. The van der Waals surface area contributed by atoms with Crippen molar-refractivity contribution >= 4 is 0 Å². The molecular formula is C14H9F8N. The molecule has 9 heteroatoms. The van der Waals surface area contributed by atoms with Gasteiger partial charge in [0, 0.05) is 6.42 Å². The lowest BCUT2D eigenvalue weighted by Gasteiger charge is -2.38. The Morgan fingerprint density at radius 3 is 1.74 bits per heavy atom. The molecule has 1 rings (SSSR count). The van der Waals surface area contributed by atoms with E-state index in [0.717, 1.165) is 12.1 Å². The zero-order chi connectivity index (χ0) is 18.1. The van der Waals surface area contributed by atoms with E-state index in [1.165, 1.54) is 0 Å². The summed E-state index contributed by atoms with van der Waals surface area (Å²) in [5, 5.41) is 8.55. The predicted octanol–water partition coefficient (Wildman–Crippen LogP) is 5.13. The van der Waals surface area contributed by atoms with Gasteiger partial charge >= 0.3 is 18.0 Å². The summed E-state index contributed by atoms with van der Waals surface area (Å²) in [6.45, 7) is 2.91. The van der Waals surface area contributed by atoms with Crippen LogP contribution in [0.5, 0.6) is 0 Å². The van der Waals surface area contributed by atoms with Crippen molar-refractivity contribution in [3.05, 3.63) is 48.0 Å². The Morgan fingerprint density at radius 2 is 1.39 bits per heavy atom. The van der Waals surface area contributed by atoms with Gasteiger partial charge in [-0.3, -0.25) is 0 Å². The van der Waals surface area contributed by atoms with Crippen LogP contribution in [0.15, 0.2) is 36.9 Å². The van der Waals surface area contributed by atoms with Crippen LogP contribution in [0.3, 0.4) is 0 Å². The van der Waals surface area contributed by atoms with E-state index in [2.05, 4.69) is 6.58 Å². The molecule has 0 bridgehead atoms. The quantitative estimate of drug-likeness (QED) is 0.537. The van der Waals surface area contributed by atoms with Gasteiger partial charge in [0.2, 0.25) is 5.67 Å². The molecule has 0 aromatic heterocycles. The van der Waals surface area contributed by atoms with Gasteiger partial charge in [-0.2, -0.15) is 36.0 Å². The summed E-state index contributed by atoms with van der Waals surface area (Å²) in [6.07, 6.45) is -7.67. The van der Waals surface area contributed by atoms with Crippen LogP contribution in [-0.4, -0.2) is 18.0 Å². The molecule has 0 aliphatic carbocycles. The molecule has 0 amide bonds. The molecule has 0 spiro atoms. The molecule has 1 atom stereocenters. The van der Waals surface area contributed by atoms with Crippen LogP contribution in [0.2, 0.25) is 0 Å². The van der Waals surface area contributed by atoms with Crippen molar-refractivity contribution in [3.63, 3.8) is 0 Å². The van der Waals surface area contributed by atoms with E-state index in [1.807, 2.05) is 0 Å². The molecule has 0 heterocycles. The minimum Gasteiger partial charge on any atom is -0.231 e. The second-order valence-corrected chi connectivity index (χ2v) is 4.63. The lowest BCUT2D eigenvalue weighted by molar-refractivity contribution is -0.382. The van der Waals surface area contributed by atoms with Crippen molar-refractivity contribution in [2.45, 2.75) is 30.1 Å². The van der Waals surface area contributed by atoms with Crippen molar-refractivity contribution in [3.8, 4) is 6.07 Å². The van der Waals surface area contributed by atoms with Crippen LogP contribution in [0.1, 0.15) is 17.5 Å². The zero-order valence-corrected chi connectivity index (χ0v) is 11.3. The molecule has 0 saturated heterocycles. The SMILES string of the molecule is C=CCC(F)(c1ccc(C#N)cc1)C(F)(F)C(F)(F)C(F)(F)F. The smallest absolute Gasteiger partial charge is 0.231 e. The summed E-state index contributed by atoms with van der Waals surface area (Å²) in [7, 11) is 0. The second kappa shape index (κ2) is 5.83. The van der Waals surface area contributed by atoms with Crippen LogP contribution < -0.4 is 0 Å². The molecule has 0 saturated carbocycles. The Bertz CT molecular complexity index is 611. The number of rotatable bonds is 5. The third-order valence-electron chi connectivity index (χ3n) is 3.15. The summed E-state index contributed by atoms with van der Waals surface area (Å²) in [5.41, 5.74) is -5.59. The first-order valence-corrected chi connectivity index (χ1v) is 5.98. The maximum atomic E-state index is 14.7. The number of hydrogen-bond donors (Lipinski definition) is 0. The predicted molar refractivity (Wildman–Crippen MR) is 64.7 cm³/mol. The van der Waals surface area contributed by atoms with Crippen molar-refractivity contribution in [2.24, 2.45) is 0 Å². The zero-order valence-electron chi connectivity index (χ0n) is 11.3. The van der Waals surface area contributed by atoms with Gasteiger partial charge in [-0.15, -0.1) is 6.58 Å². The Balaban J connectivity index is 3.54. The Labute approximate surface area is 125 Å². The topological polar surface area (TPSA) is 23.8 Å². The van der Waals surface area contributed by atoms with E-state index in [0.29, 0.717) is 18.2 Å².